The molecule has 0 radical (unpaired) electrons. The predicted octanol–water partition coefficient (Wildman–Crippen LogP) is -0.407. The first-order valence-corrected chi connectivity index (χ1v) is 7.61. The molecule has 2 heterocycles. The second-order valence-corrected chi connectivity index (χ2v) is 5.57. The zero-order valence-electron chi connectivity index (χ0n) is 11.2. The number of hydrazine groups is 1. The topological polar surface area (TPSA) is 120 Å². The van der Waals surface area contributed by atoms with E-state index >= 15 is 0 Å². The second-order valence-electron chi connectivity index (χ2n) is 4.58. The van der Waals surface area contributed by atoms with E-state index in [1.165, 1.54) is 18.2 Å². The summed E-state index contributed by atoms with van der Waals surface area (Å²) >= 11 is 1.27. The Morgan fingerprint density at radius 3 is 2.65 bits per heavy atom. The Bertz CT molecular complexity index is 429. The number of aromatic nitrogens is 3. The van der Waals surface area contributed by atoms with Gasteiger partial charge in [0.2, 0.25) is 11.9 Å². The van der Waals surface area contributed by atoms with Crippen molar-refractivity contribution in [2.24, 2.45) is 5.84 Å². The van der Waals surface area contributed by atoms with Gasteiger partial charge in [0.1, 0.15) is 0 Å². The van der Waals surface area contributed by atoms with Crippen molar-refractivity contribution < 1.29 is 10.2 Å². The van der Waals surface area contributed by atoms with Crippen molar-refractivity contribution in [3.8, 4) is 0 Å². The van der Waals surface area contributed by atoms with Gasteiger partial charge in [-0.1, -0.05) is 11.8 Å². The Morgan fingerprint density at radius 2 is 2.00 bits per heavy atom. The molecule has 1 saturated heterocycles. The molecule has 112 valence electrons. The molecule has 0 aliphatic carbocycles. The fourth-order valence-corrected chi connectivity index (χ4v) is 2.68. The van der Waals surface area contributed by atoms with Crippen LogP contribution in [0.5, 0.6) is 0 Å². The van der Waals surface area contributed by atoms with Crippen molar-refractivity contribution >= 4 is 23.7 Å². The van der Waals surface area contributed by atoms with Crippen LogP contribution in [0.2, 0.25) is 0 Å². The lowest BCUT2D eigenvalue weighted by atomic mass is 10.1. The van der Waals surface area contributed by atoms with Gasteiger partial charge in [0, 0.05) is 18.8 Å². The number of aliphatic hydroxyl groups is 2. The van der Waals surface area contributed by atoms with Gasteiger partial charge in [-0.25, -0.2) is 5.84 Å². The van der Waals surface area contributed by atoms with Crippen molar-refractivity contribution in [2.75, 3.05) is 35.8 Å². The molecule has 0 aromatic carbocycles. The van der Waals surface area contributed by atoms with Gasteiger partial charge in [0.25, 0.3) is 0 Å². The van der Waals surface area contributed by atoms with Crippen LogP contribution in [0, 0.1) is 0 Å². The molecule has 1 aliphatic rings. The fraction of sp³-hybridized carbons (Fsp3) is 0.727. The van der Waals surface area contributed by atoms with Crippen LogP contribution in [-0.2, 0) is 0 Å². The number of thioether (sulfide) groups is 1. The molecule has 1 aromatic heterocycles. The number of aliphatic hydroxyl groups excluding tert-OH is 2. The summed E-state index contributed by atoms with van der Waals surface area (Å²) in [4.78, 5) is 14.9. The lowest BCUT2D eigenvalue weighted by molar-refractivity contribution is 0.113. The number of nitrogens with one attached hydrogen (secondary N) is 1. The van der Waals surface area contributed by atoms with E-state index in [4.69, 9.17) is 10.9 Å². The van der Waals surface area contributed by atoms with Crippen molar-refractivity contribution in [3.63, 3.8) is 0 Å². The molecule has 1 aliphatic heterocycles. The maximum atomic E-state index is 9.37. The van der Waals surface area contributed by atoms with Gasteiger partial charge in [-0.15, -0.1) is 0 Å². The third kappa shape index (κ3) is 4.17. The molecule has 5 N–H and O–H groups in total. The summed E-state index contributed by atoms with van der Waals surface area (Å²) in [5.41, 5.74) is 2.43. The summed E-state index contributed by atoms with van der Waals surface area (Å²) in [6.07, 6.45) is 2.70. The summed E-state index contributed by atoms with van der Waals surface area (Å²) in [5, 5.41) is 18.7. The molecule has 0 bridgehead atoms. The highest BCUT2D eigenvalue weighted by molar-refractivity contribution is 7.99. The molecule has 1 unspecified atom stereocenters. The molecule has 0 spiro atoms. The molecule has 2 rings (SSSR count). The number of anilines is 2. The summed E-state index contributed by atoms with van der Waals surface area (Å²) in [6.45, 7) is 1.58. The van der Waals surface area contributed by atoms with Crippen LogP contribution in [0.4, 0.5) is 11.9 Å². The summed E-state index contributed by atoms with van der Waals surface area (Å²) in [5.74, 6) is 6.61. The Morgan fingerprint density at radius 1 is 1.25 bits per heavy atom. The standard InChI is InChI=1S/C11H20N6O2S/c12-16-9-13-10(17-4-2-1-3-5-17)15-11(14-9)20-7-8(19)6-18/h8,18-19H,1-7,12H2,(H,13,14,15,16). The summed E-state index contributed by atoms with van der Waals surface area (Å²) in [6, 6.07) is 0. The smallest absolute Gasteiger partial charge is 0.242 e. The van der Waals surface area contributed by atoms with Crippen molar-refractivity contribution in [1.29, 1.82) is 0 Å². The normalized spacial score (nSPS) is 17.1. The second kappa shape index (κ2) is 7.58. The van der Waals surface area contributed by atoms with Crippen molar-refractivity contribution in [2.45, 2.75) is 30.5 Å². The zero-order valence-corrected chi connectivity index (χ0v) is 12.0. The summed E-state index contributed by atoms with van der Waals surface area (Å²) < 4.78 is 0. The monoisotopic (exact) mass is 300 g/mol. The zero-order chi connectivity index (χ0) is 14.4. The Kier molecular flexibility index (Phi) is 5.77. The van der Waals surface area contributed by atoms with E-state index in [0.717, 1.165) is 25.9 Å². The summed E-state index contributed by atoms with van der Waals surface area (Å²) in [7, 11) is 0. The van der Waals surface area contributed by atoms with Gasteiger partial charge in [-0.2, -0.15) is 15.0 Å². The highest BCUT2D eigenvalue weighted by Gasteiger charge is 2.16. The van der Waals surface area contributed by atoms with Crippen LogP contribution in [0.1, 0.15) is 19.3 Å². The number of hydrogen-bond donors (Lipinski definition) is 4. The third-order valence-electron chi connectivity index (χ3n) is 2.99. The van der Waals surface area contributed by atoms with Crippen LogP contribution < -0.4 is 16.2 Å². The Balaban J connectivity index is 2.10. The maximum Gasteiger partial charge on any atom is 0.242 e. The van der Waals surface area contributed by atoms with Crippen LogP contribution in [-0.4, -0.2) is 56.7 Å². The highest BCUT2D eigenvalue weighted by atomic mass is 32.2. The predicted molar refractivity (Wildman–Crippen MR) is 77.5 cm³/mol. The van der Waals surface area contributed by atoms with Crippen LogP contribution in [0.25, 0.3) is 0 Å². The van der Waals surface area contributed by atoms with E-state index in [1.54, 1.807) is 0 Å². The average Bonchev–Trinajstić information content (AvgIpc) is 2.53. The molecule has 1 fully saturated rings. The SMILES string of the molecule is NNc1nc(SCC(O)CO)nc(N2CCCCC2)n1. The van der Waals surface area contributed by atoms with Gasteiger partial charge >= 0.3 is 0 Å². The number of rotatable bonds is 6. The molecule has 8 nitrogen and oxygen atoms in total. The van der Waals surface area contributed by atoms with E-state index in [-0.39, 0.29) is 6.61 Å². The molecule has 1 aromatic rings. The van der Waals surface area contributed by atoms with E-state index in [1.807, 2.05) is 0 Å². The highest BCUT2D eigenvalue weighted by Crippen LogP contribution is 2.21. The molecule has 0 amide bonds. The van der Waals surface area contributed by atoms with Crippen molar-refractivity contribution in [1.82, 2.24) is 15.0 Å². The molecule has 1 atom stereocenters. The van der Waals surface area contributed by atoms with E-state index < -0.39 is 6.10 Å². The average molecular weight is 300 g/mol. The molecule has 9 heteroatoms. The van der Waals surface area contributed by atoms with Crippen LogP contribution in [0.15, 0.2) is 5.16 Å². The van der Waals surface area contributed by atoms with Crippen LogP contribution in [0.3, 0.4) is 0 Å². The van der Waals surface area contributed by atoms with Gasteiger partial charge in [0.05, 0.1) is 12.7 Å². The Labute approximate surface area is 121 Å². The molecule has 0 saturated carbocycles. The number of nitrogens with two attached hydrogens (primary N) is 1. The minimum Gasteiger partial charge on any atom is -0.394 e. The van der Waals surface area contributed by atoms with Gasteiger partial charge in [-0.05, 0) is 19.3 Å². The molecule has 20 heavy (non-hydrogen) atoms. The minimum atomic E-state index is -0.788. The fourth-order valence-electron chi connectivity index (χ4n) is 1.93. The lowest BCUT2D eigenvalue weighted by Gasteiger charge is -2.26. The molecular formula is C11H20N6O2S. The lowest BCUT2D eigenvalue weighted by Crippen LogP contribution is -2.31. The quantitative estimate of drug-likeness (QED) is 0.316. The third-order valence-corrected chi connectivity index (χ3v) is 3.98. The number of piperidine rings is 1. The van der Waals surface area contributed by atoms with Crippen molar-refractivity contribution in [3.05, 3.63) is 0 Å². The number of nitrogens with zero attached hydrogens (tertiary/aromatic N) is 4. The maximum absolute atomic E-state index is 9.37. The first-order valence-electron chi connectivity index (χ1n) is 6.62. The van der Waals surface area contributed by atoms with Gasteiger partial charge < -0.3 is 15.1 Å². The number of hydrogen-bond acceptors (Lipinski definition) is 9. The van der Waals surface area contributed by atoms with Crippen LogP contribution >= 0.6 is 11.8 Å². The van der Waals surface area contributed by atoms with Gasteiger partial charge in [-0.3, -0.25) is 5.43 Å². The first-order chi connectivity index (χ1) is 9.72. The van der Waals surface area contributed by atoms with E-state index in [2.05, 4.69) is 25.3 Å². The number of nitrogen functional groups attached to an aromatic ring is 1. The van der Waals surface area contributed by atoms with E-state index in [9.17, 15) is 5.11 Å². The first kappa shape index (κ1) is 15.2. The molecular weight excluding hydrogens is 280 g/mol. The Hall–Kier alpha value is -1.16. The van der Waals surface area contributed by atoms with E-state index in [0.29, 0.717) is 22.8 Å². The van der Waals surface area contributed by atoms with Gasteiger partial charge in [0.15, 0.2) is 5.16 Å². The minimum absolute atomic E-state index is 0.279. The largest absolute Gasteiger partial charge is 0.394 e.